The van der Waals surface area contributed by atoms with E-state index in [9.17, 15) is 13.2 Å². The second kappa shape index (κ2) is 7.14. The SMILES string of the molecule is N#Cc1ccc(/C=C/c2ccc(OC(F)=C(F)F)cc2)cc1. The monoisotopic (exact) mass is 301 g/mol. The second-order valence-electron chi connectivity index (χ2n) is 4.27. The van der Waals surface area contributed by atoms with Gasteiger partial charge in [0.1, 0.15) is 5.75 Å². The maximum Gasteiger partial charge on any atom is 0.344 e. The van der Waals surface area contributed by atoms with E-state index >= 15 is 0 Å². The van der Waals surface area contributed by atoms with Crippen LogP contribution in [0.1, 0.15) is 16.7 Å². The Morgan fingerprint density at radius 3 is 1.82 bits per heavy atom. The van der Waals surface area contributed by atoms with Crippen LogP contribution in [0.15, 0.2) is 60.6 Å². The first kappa shape index (κ1) is 15.4. The molecule has 0 saturated heterocycles. The first-order valence-electron chi connectivity index (χ1n) is 6.25. The Hall–Kier alpha value is -3.00. The molecule has 0 atom stereocenters. The van der Waals surface area contributed by atoms with Crippen LogP contribution in [0, 0.1) is 11.3 Å². The van der Waals surface area contributed by atoms with E-state index < -0.39 is 12.1 Å². The van der Waals surface area contributed by atoms with E-state index in [1.165, 1.54) is 12.1 Å². The summed E-state index contributed by atoms with van der Waals surface area (Å²) >= 11 is 0. The minimum Gasteiger partial charge on any atom is -0.428 e. The fraction of sp³-hybridized carbons (Fsp3) is 0. The van der Waals surface area contributed by atoms with Crippen LogP contribution in [-0.4, -0.2) is 0 Å². The molecule has 2 rings (SSSR count). The number of hydrogen-bond donors (Lipinski definition) is 0. The fourth-order valence-corrected chi connectivity index (χ4v) is 1.65. The molecule has 0 bridgehead atoms. The van der Waals surface area contributed by atoms with E-state index in [2.05, 4.69) is 4.74 Å². The molecule has 0 spiro atoms. The lowest BCUT2D eigenvalue weighted by Crippen LogP contribution is -1.90. The first-order valence-corrected chi connectivity index (χ1v) is 6.25. The average Bonchev–Trinajstić information content (AvgIpc) is 2.54. The zero-order valence-corrected chi connectivity index (χ0v) is 11.3. The molecule has 0 fully saturated rings. The van der Waals surface area contributed by atoms with Crippen molar-refractivity contribution in [3.8, 4) is 11.8 Å². The van der Waals surface area contributed by atoms with Crippen LogP contribution >= 0.6 is 0 Å². The predicted molar refractivity (Wildman–Crippen MR) is 77.5 cm³/mol. The predicted octanol–water partition coefficient (Wildman–Crippen LogP) is 5.14. The van der Waals surface area contributed by atoms with Crippen LogP contribution in [0.5, 0.6) is 5.75 Å². The van der Waals surface area contributed by atoms with Crippen LogP contribution in [-0.2, 0) is 0 Å². The molecule has 0 aliphatic heterocycles. The van der Waals surface area contributed by atoms with Gasteiger partial charge in [-0.05, 0) is 35.4 Å². The number of nitriles is 1. The third-order valence-corrected chi connectivity index (χ3v) is 2.74. The van der Waals surface area contributed by atoms with Crippen molar-refractivity contribution in [1.29, 1.82) is 5.26 Å². The molecule has 5 heteroatoms. The lowest BCUT2D eigenvalue weighted by Gasteiger charge is -2.02. The van der Waals surface area contributed by atoms with Gasteiger partial charge in [-0.3, -0.25) is 0 Å². The molecule has 22 heavy (non-hydrogen) atoms. The smallest absolute Gasteiger partial charge is 0.344 e. The molecule has 0 N–H and O–H groups in total. The molecule has 0 aliphatic rings. The van der Waals surface area contributed by atoms with Crippen LogP contribution < -0.4 is 4.74 Å². The van der Waals surface area contributed by atoms with E-state index in [0.29, 0.717) is 5.56 Å². The van der Waals surface area contributed by atoms with Gasteiger partial charge < -0.3 is 4.74 Å². The number of benzene rings is 2. The average molecular weight is 301 g/mol. The highest BCUT2D eigenvalue weighted by Crippen LogP contribution is 2.19. The number of ether oxygens (including phenoxy) is 1. The van der Waals surface area contributed by atoms with E-state index in [4.69, 9.17) is 5.26 Å². The third-order valence-electron chi connectivity index (χ3n) is 2.74. The number of halogens is 3. The Morgan fingerprint density at radius 2 is 1.36 bits per heavy atom. The lowest BCUT2D eigenvalue weighted by atomic mass is 10.1. The van der Waals surface area contributed by atoms with Gasteiger partial charge in [0.15, 0.2) is 0 Å². The second-order valence-corrected chi connectivity index (χ2v) is 4.27. The van der Waals surface area contributed by atoms with Gasteiger partial charge in [-0.2, -0.15) is 18.4 Å². The Kier molecular flexibility index (Phi) is 4.99. The van der Waals surface area contributed by atoms with Crippen LogP contribution in [0.4, 0.5) is 13.2 Å². The molecule has 2 aromatic rings. The van der Waals surface area contributed by atoms with Crippen molar-refractivity contribution in [2.45, 2.75) is 0 Å². The maximum absolute atomic E-state index is 12.6. The summed E-state index contributed by atoms with van der Waals surface area (Å²) in [6.07, 6.45) is 1.14. The van der Waals surface area contributed by atoms with Crippen LogP contribution in [0.3, 0.4) is 0 Å². The molecule has 110 valence electrons. The maximum atomic E-state index is 12.6. The molecule has 0 aliphatic carbocycles. The topological polar surface area (TPSA) is 33.0 Å². The van der Waals surface area contributed by atoms with Gasteiger partial charge >= 0.3 is 12.1 Å². The molecule has 0 saturated carbocycles. The molecule has 2 nitrogen and oxygen atoms in total. The Bertz CT molecular complexity index is 737. The first-order chi connectivity index (χ1) is 10.6. The molecule has 0 aromatic heterocycles. The molecule has 0 amide bonds. The molecule has 0 radical (unpaired) electrons. The lowest BCUT2D eigenvalue weighted by molar-refractivity contribution is 0.241. The van der Waals surface area contributed by atoms with Gasteiger partial charge in [-0.1, -0.05) is 36.4 Å². The van der Waals surface area contributed by atoms with Gasteiger partial charge in [0.05, 0.1) is 11.6 Å². The Morgan fingerprint density at radius 1 is 0.864 bits per heavy atom. The van der Waals surface area contributed by atoms with E-state index in [1.54, 1.807) is 42.5 Å². The fourth-order valence-electron chi connectivity index (χ4n) is 1.65. The van der Waals surface area contributed by atoms with Crippen molar-refractivity contribution < 1.29 is 17.9 Å². The normalized spacial score (nSPS) is 10.3. The number of rotatable bonds is 4. The zero-order chi connectivity index (χ0) is 15.9. The number of nitrogens with zero attached hydrogens (tertiary/aromatic N) is 1. The van der Waals surface area contributed by atoms with E-state index in [1.807, 2.05) is 12.1 Å². The van der Waals surface area contributed by atoms with Gasteiger partial charge in [0.2, 0.25) is 0 Å². The Labute approximate surface area is 125 Å². The summed E-state index contributed by atoms with van der Waals surface area (Å²) in [5.41, 5.74) is 2.28. The molecule has 0 heterocycles. The summed E-state index contributed by atoms with van der Waals surface area (Å²) < 4.78 is 40.7. The van der Waals surface area contributed by atoms with Gasteiger partial charge in [-0.25, -0.2) is 0 Å². The Balaban J connectivity index is 2.06. The van der Waals surface area contributed by atoms with E-state index in [-0.39, 0.29) is 5.75 Å². The standard InChI is InChI=1S/C17H10F3NO/c18-16(19)17(20)22-15-9-7-13(8-10-15)2-1-12-3-5-14(11-21)6-4-12/h1-10H/b2-1+. The molecule has 0 unspecified atom stereocenters. The highest BCUT2D eigenvalue weighted by molar-refractivity contribution is 5.70. The number of hydrogen-bond acceptors (Lipinski definition) is 2. The molecule has 2 aromatic carbocycles. The minimum absolute atomic E-state index is 0.0131. The van der Waals surface area contributed by atoms with Gasteiger partial charge in [-0.15, -0.1) is 0 Å². The minimum atomic E-state index is -2.50. The summed E-state index contributed by atoms with van der Waals surface area (Å²) in [4.78, 5) is 0. The van der Waals surface area contributed by atoms with Crippen molar-refractivity contribution in [1.82, 2.24) is 0 Å². The van der Waals surface area contributed by atoms with Gasteiger partial charge in [0.25, 0.3) is 0 Å². The van der Waals surface area contributed by atoms with Crippen LogP contribution in [0.2, 0.25) is 0 Å². The van der Waals surface area contributed by atoms with Crippen molar-refractivity contribution in [2.75, 3.05) is 0 Å². The van der Waals surface area contributed by atoms with Crippen molar-refractivity contribution in [3.63, 3.8) is 0 Å². The quantitative estimate of drug-likeness (QED) is 0.578. The third kappa shape index (κ3) is 4.25. The molecular formula is C17H10F3NO. The van der Waals surface area contributed by atoms with Crippen molar-refractivity contribution in [3.05, 3.63) is 77.3 Å². The highest BCUT2D eigenvalue weighted by atomic mass is 19.3. The highest BCUT2D eigenvalue weighted by Gasteiger charge is 2.07. The molecular weight excluding hydrogens is 291 g/mol. The zero-order valence-electron chi connectivity index (χ0n) is 11.3. The summed E-state index contributed by atoms with van der Waals surface area (Å²) in [6, 6.07) is 13.1. The summed E-state index contributed by atoms with van der Waals surface area (Å²) in [7, 11) is 0. The van der Waals surface area contributed by atoms with Crippen molar-refractivity contribution in [2.24, 2.45) is 0 Å². The van der Waals surface area contributed by atoms with Crippen molar-refractivity contribution >= 4 is 12.2 Å². The van der Waals surface area contributed by atoms with Gasteiger partial charge in [0, 0.05) is 0 Å². The van der Waals surface area contributed by atoms with E-state index in [0.717, 1.165) is 11.1 Å². The summed E-state index contributed by atoms with van der Waals surface area (Å²) in [5, 5.41) is 8.70. The summed E-state index contributed by atoms with van der Waals surface area (Å²) in [6.45, 7) is 0. The summed E-state index contributed by atoms with van der Waals surface area (Å²) in [5.74, 6) is -0.0131. The largest absolute Gasteiger partial charge is 0.428 e. The van der Waals surface area contributed by atoms with Crippen LogP contribution in [0.25, 0.3) is 12.2 Å².